The highest BCUT2D eigenvalue weighted by Gasteiger charge is 2.11. The van der Waals surface area contributed by atoms with Gasteiger partial charge in [-0.3, -0.25) is 9.48 Å². The lowest BCUT2D eigenvalue weighted by atomic mass is 10.3. The molecule has 1 rings (SSSR count). The summed E-state index contributed by atoms with van der Waals surface area (Å²) in [5.74, 6) is 0.461. The Balaban J connectivity index is 2.57. The van der Waals surface area contributed by atoms with Crippen molar-refractivity contribution in [3.05, 3.63) is 24.9 Å². The maximum absolute atomic E-state index is 11.9. The van der Waals surface area contributed by atoms with E-state index in [9.17, 15) is 4.79 Å². The molecule has 1 aromatic rings. The molecule has 1 amide bonds. The van der Waals surface area contributed by atoms with E-state index < -0.39 is 0 Å². The third kappa shape index (κ3) is 3.42. The van der Waals surface area contributed by atoms with Gasteiger partial charge in [0.2, 0.25) is 5.91 Å². The Morgan fingerprint density at radius 1 is 1.75 bits per heavy atom. The molecule has 0 spiro atoms. The molecule has 5 heteroatoms. The molecule has 0 saturated carbocycles. The minimum Gasteiger partial charge on any atom is -0.382 e. The van der Waals surface area contributed by atoms with Crippen LogP contribution in [0.3, 0.4) is 0 Å². The highest BCUT2D eigenvalue weighted by molar-refractivity contribution is 5.76. The largest absolute Gasteiger partial charge is 0.382 e. The minimum absolute atomic E-state index is 0.0323. The molecule has 0 radical (unpaired) electrons. The quantitative estimate of drug-likeness (QED) is 0.727. The average Bonchev–Trinajstić information content (AvgIpc) is 2.63. The Labute approximate surface area is 95.5 Å². The fourth-order valence-electron chi connectivity index (χ4n) is 1.45. The van der Waals surface area contributed by atoms with E-state index in [0.717, 1.165) is 13.0 Å². The van der Waals surface area contributed by atoms with Gasteiger partial charge >= 0.3 is 0 Å². The van der Waals surface area contributed by atoms with Crippen LogP contribution in [0.4, 0.5) is 5.82 Å². The van der Waals surface area contributed by atoms with Crippen LogP contribution in [0.1, 0.15) is 13.3 Å². The van der Waals surface area contributed by atoms with Gasteiger partial charge in [0.05, 0.1) is 0 Å². The van der Waals surface area contributed by atoms with Gasteiger partial charge in [0.25, 0.3) is 0 Å². The van der Waals surface area contributed by atoms with Crippen LogP contribution in [0.5, 0.6) is 0 Å². The van der Waals surface area contributed by atoms with Crippen LogP contribution in [0.15, 0.2) is 24.9 Å². The van der Waals surface area contributed by atoms with E-state index in [-0.39, 0.29) is 12.5 Å². The molecular formula is C11H18N4O. The van der Waals surface area contributed by atoms with Gasteiger partial charge in [-0.15, -0.1) is 6.58 Å². The molecular weight excluding hydrogens is 204 g/mol. The van der Waals surface area contributed by atoms with E-state index in [4.69, 9.17) is 5.73 Å². The molecule has 0 fully saturated rings. The van der Waals surface area contributed by atoms with Gasteiger partial charge in [0.15, 0.2) is 0 Å². The number of amides is 1. The number of nitrogens with zero attached hydrogens (tertiary/aromatic N) is 3. The Bertz CT molecular complexity index is 359. The minimum atomic E-state index is 0.0323. The number of hydrogen-bond acceptors (Lipinski definition) is 3. The monoisotopic (exact) mass is 222 g/mol. The first-order valence-corrected chi connectivity index (χ1v) is 5.35. The fourth-order valence-corrected chi connectivity index (χ4v) is 1.45. The Hall–Kier alpha value is -1.78. The van der Waals surface area contributed by atoms with Gasteiger partial charge in [-0.05, 0) is 12.5 Å². The van der Waals surface area contributed by atoms with Crippen molar-refractivity contribution >= 4 is 11.7 Å². The molecule has 0 saturated heterocycles. The molecule has 0 aromatic carbocycles. The molecule has 0 atom stereocenters. The molecule has 1 heterocycles. The first-order valence-electron chi connectivity index (χ1n) is 5.35. The number of rotatable bonds is 6. The number of aromatic nitrogens is 2. The summed E-state index contributed by atoms with van der Waals surface area (Å²) in [6.07, 6.45) is 4.36. The van der Waals surface area contributed by atoms with Crippen LogP contribution in [0.25, 0.3) is 0 Å². The fraction of sp³-hybridized carbons (Fsp3) is 0.455. The van der Waals surface area contributed by atoms with Gasteiger partial charge in [0.1, 0.15) is 12.4 Å². The first-order chi connectivity index (χ1) is 7.67. The van der Waals surface area contributed by atoms with E-state index in [0.29, 0.717) is 12.4 Å². The summed E-state index contributed by atoms with van der Waals surface area (Å²) >= 11 is 0. The Morgan fingerprint density at radius 3 is 3.00 bits per heavy atom. The zero-order valence-electron chi connectivity index (χ0n) is 9.59. The number of anilines is 1. The van der Waals surface area contributed by atoms with Crippen molar-refractivity contribution in [3.63, 3.8) is 0 Å². The Kier molecular flexibility index (Phi) is 4.57. The summed E-state index contributed by atoms with van der Waals surface area (Å²) in [7, 11) is 0. The molecule has 0 aliphatic rings. The van der Waals surface area contributed by atoms with Gasteiger partial charge in [0, 0.05) is 19.3 Å². The molecule has 0 aliphatic carbocycles. The van der Waals surface area contributed by atoms with Crippen LogP contribution in [-0.4, -0.2) is 33.7 Å². The lowest BCUT2D eigenvalue weighted by Crippen LogP contribution is -2.34. The van der Waals surface area contributed by atoms with Gasteiger partial charge in [-0.25, -0.2) is 0 Å². The van der Waals surface area contributed by atoms with E-state index in [1.165, 1.54) is 0 Å². The van der Waals surface area contributed by atoms with Crippen molar-refractivity contribution in [1.29, 1.82) is 0 Å². The van der Waals surface area contributed by atoms with Crippen molar-refractivity contribution in [3.8, 4) is 0 Å². The maximum Gasteiger partial charge on any atom is 0.244 e. The van der Waals surface area contributed by atoms with Gasteiger partial charge < -0.3 is 10.6 Å². The summed E-state index contributed by atoms with van der Waals surface area (Å²) in [5.41, 5.74) is 5.47. The van der Waals surface area contributed by atoms with Crippen LogP contribution in [0, 0.1) is 0 Å². The van der Waals surface area contributed by atoms with Crippen LogP contribution in [0.2, 0.25) is 0 Å². The van der Waals surface area contributed by atoms with Crippen LogP contribution < -0.4 is 5.73 Å². The highest BCUT2D eigenvalue weighted by atomic mass is 16.2. The van der Waals surface area contributed by atoms with Crippen molar-refractivity contribution < 1.29 is 4.79 Å². The predicted octanol–water partition coefficient (Wildman–Crippen LogP) is 0.890. The summed E-state index contributed by atoms with van der Waals surface area (Å²) in [4.78, 5) is 13.6. The van der Waals surface area contributed by atoms with E-state index in [2.05, 4.69) is 11.7 Å². The molecule has 0 unspecified atom stereocenters. The van der Waals surface area contributed by atoms with Crippen LogP contribution in [-0.2, 0) is 11.3 Å². The Morgan fingerprint density at radius 2 is 2.50 bits per heavy atom. The first kappa shape index (κ1) is 12.3. The van der Waals surface area contributed by atoms with Crippen molar-refractivity contribution in [2.45, 2.75) is 19.9 Å². The molecule has 5 nitrogen and oxygen atoms in total. The zero-order chi connectivity index (χ0) is 12.0. The number of carbonyl (C=O) groups is 1. The lowest BCUT2D eigenvalue weighted by molar-refractivity contribution is -0.131. The molecule has 2 N–H and O–H groups in total. The standard InChI is InChI=1S/C11H18N4O/c1-3-6-14(7-4-2)11(16)9-15-8-5-10(12)13-15/h3,5,8H,1,4,6-7,9H2,2H3,(H2,12,13). The summed E-state index contributed by atoms with van der Waals surface area (Å²) in [5, 5.41) is 3.97. The van der Waals surface area contributed by atoms with E-state index in [1.807, 2.05) is 6.92 Å². The number of hydrogen-bond donors (Lipinski definition) is 1. The van der Waals surface area contributed by atoms with Crippen LogP contribution >= 0.6 is 0 Å². The number of nitrogen functional groups attached to an aromatic ring is 1. The second-order valence-corrected chi connectivity index (χ2v) is 3.57. The number of carbonyl (C=O) groups excluding carboxylic acids is 1. The van der Waals surface area contributed by atoms with E-state index >= 15 is 0 Å². The maximum atomic E-state index is 11.9. The summed E-state index contributed by atoms with van der Waals surface area (Å²) in [6.45, 7) is 7.21. The second kappa shape index (κ2) is 5.95. The van der Waals surface area contributed by atoms with Crippen molar-refractivity contribution in [2.75, 3.05) is 18.8 Å². The van der Waals surface area contributed by atoms with Gasteiger partial charge in [-0.1, -0.05) is 13.0 Å². The highest BCUT2D eigenvalue weighted by Crippen LogP contribution is 1.99. The third-order valence-corrected chi connectivity index (χ3v) is 2.15. The SMILES string of the molecule is C=CCN(CCC)C(=O)Cn1ccc(N)n1. The third-order valence-electron chi connectivity index (χ3n) is 2.15. The summed E-state index contributed by atoms with van der Waals surface area (Å²) in [6, 6.07) is 1.67. The molecule has 0 aliphatic heterocycles. The predicted molar refractivity (Wildman–Crippen MR) is 63.7 cm³/mol. The van der Waals surface area contributed by atoms with Gasteiger partial charge in [-0.2, -0.15) is 5.10 Å². The second-order valence-electron chi connectivity index (χ2n) is 3.57. The van der Waals surface area contributed by atoms with Crippen molar-refractivity contribution in [1.82, 2.24) is 14.7 Å². The zero-order valence-corrected chi connectivity index (χ0v) is 9.59. The average molecular weight is 222 g/mol. The molecule has 0 bridgehead atoms. The summed E-state index contributed by atoms with van der Waals surface area (Å²) < 4.78 is 1.55. The molecule has 1 aromatic heterocycles. The smallest absolute Gasteiger partial charge is 0.244 e. The van der Waals surface area contributed by atoms with E-state index in [1.54, 1.807) is 27.9 Å². The lowest BCUT2D eigenvalue weighted by Gasteiger charge is -2.20. The topological polar surface area (TPSA) is 64.2 Å². The number of nitrogens with two attached hydrogens (primary N) is 1. The normalized spacial score (nSPS) is 10.1. The van der Waals surface area contributed by atoms with Crippen molar-refractivity contribution in [2.24, 2.45) is 0 Å². The molecule has 16 heavy (non-hydrogen) atoms. The molecule has 88 valence electrons.